The number of aromatic nitrogens is 2. The van der Waals surface area contributed by atoms with Crippen molar-refractivity contribution in [1.29, 1.82) is 0 Å². The number of halogens is 2. The van der Waals surface area contributed by atoms with Gasteiger partial charge in [-0.3, -0.25) is 10.1 Å². The van der Waals surface area contributed by atoms with E-state index >= 15 is 0 Å². The molecule has 3 aromatic rings. The first kappa shape index (κ1) is 18.0. The highest BCUT2D eigenvalue weighted by Gasteiger charge is 2.24. The minimum absolute atomic E-state index is 0.0930. The Morgan fingerprint density at radius 1 is 1.04 bits per heavy atom. The molecule has 3 rings (SSSR count). The van der Waals surface area contributed by atoms with Gasteiger partial charge in [-0.25, -0.2) is 18.7 Å². The maximum atomic E-state index is 13.4. The van der Waals surface area contributed by atoms with Crippen molar-refractivity contribution in [3.05, 3.63) is 70.5 Å². The number of hydrogen-bond acceptors (Lipinski definition) is 7. The van der Waals surface area contributed by atoms with Gasteiger partial charge in [-0.05, 0) is 24.3 Å². The summed E-state index contributed by atoms with van der Waals surface area (Å²) in [7, 11) is 1.46. The molecular weight excluding hydrogens is 360 g/mol. The summed E-state index contributed by atoms with van der Waals surface area (Å²) in [5.41, 5.74) is 0.0904. The molecule has 0 saturated carbocycles. The van der Waals surface area contributed by atoms with E-state index in [-0.39, 0.29) is 17.3 Å². The van der Waals surface area contributed by atoms with E-state index in [1.165, 1.54) is 13.2 Å². The van der Waals surface area contributed by atoms with Gasteiger partial charge in [0.05, 0.1) is 17.7 Å². The lowest BCUT2D eigenvalue weighted by Crippen LogP contribution is -2.06. The molecule has 0 spiro atoms. The van der Waals surface area contributed by atoms with E-state index in [4.69, 9.17) is 4.74 Å². The summed E-state index contributed by atoms with van der Waals surface area (Å²) >= 11 is 0. The molecule has 27 heavy (non-hydrogen) atoms. The highest BCUT2D eigenvalue weighted by Crippen LogP contribution is 2.35. The fourth-order valence-corrected chi connectivity index (χ4v) is 2.32. The van der Waals surface area contributed by atoms with E-state index in [1.807, 2.05) is 0 Å². The third kappa shape index (κ3) is 3.89. The third-order valence-corrected chi connectivity index (χ3v) is 3.55. The van der Waals surface area contributed by atoms with Crippen LogP contribution in [-0.2, 0) is 0 Å². The number of nitro groups is 1. The van der Waals surface area contributed by atoms with Gasteiger partial charge in [-0.15, -0.1) is 0 Å². The lowest BCUT2D eigenvalue weighted by molar-refractivity contribution is -0.383. The van der Waals surface area contributed by atoms with Gasteiger partial charge in [0.1, 0.15) is 12.1 Å². The van der Waals surface area contributed by atoms with Gasteiger partial charge in [0.2, 0.25) is 11.6 Å². The van der Waals surface area contributed by atoms with Crippen LogP contribution in [0.4, 0.5) is 37.5 Å². The lowest BCUT2D eigenvalue weighted by Gasteiger charge is -2.12. The third-order valence-electron chi connectivity index (χ3n) is 3.55. The first-order chi connectivity index (χ1) is 13.0. The van der Waals surface area contributed by atoms with E-state index in [0.717, 1.165) is 18.5 Å². The minimum atomic E-state index is -1.09. The second kappa shape index (κ2) is 7.60. The maximum Gasteiger partial charge on any atom is 0.353 e. The SMILES string of the molecule is COc1ccccc1Nc1ncnc(Nc2ccc(F)c(F)c2)c1[N+](=O)[O-]. The molecule has 1 aromatic heterocycles. The first-order valence-electron chi connectivity index (χ1n) is 7.61. The Bertz CT molecular complexity index is 1000. The Hall–Kier alpha value is -3.82. The van der Waals surface area contributed by atoms with Gasteiger partial charge in [0.25, 0.3) is 0 Å². The topological polar surface area (TPSA) is 102 Å². The molecule has 0 saturated heterocycles. The standard InChI is InChI=1S/C17H13F2N5O3/c1-27-14-5-3-2-4-13(14)23-17-15(24(25)26)16(20-9-21-17)22-10-6-7-11(18)12(19)8-10/h2-9H,1H3,(H2,20,21,22,23). The fraction of sp³-hybridized carbons (Fsp3) is 0.0588. The van der Waals surface area contributed by atoms with Crippen LogP contribution in [0.3, 0.4) is 0 Å². The van der Waals surface area contributed by atoms with Gasteiger partial charge >= 0.3 is 5.69 Å². The van der Waals surface area contributed by atoms with Crippen LogP contribution in [0.1, 0.15) is 0 Å². The Morgan fingerprint density at radius 2 is 1.74 bits per heavy atom. The van der Waals surface area contributed by atoms with Crippen LogP contribution in [0.15, 0.2) is 48.8 Å². The van der Waals surface area contributed by atoms with Gasteiger partial charge in [-0.2, -0.15) is 0 Å². The zero-order valence-corrected chi connectivity index (χ0v) is 13.9. The molecule has 8 nitrogen and oxygen atoms in total. The quantitative estimate of drug-likeness (QED) is 0.494. The van der Waals surface area contributed by atoms with E-state index in [1.54, 1.807) is 24.3 Å². The molecule has 0 unspecified atom stereocenters. The van der Waals surface area contributed by atoms with Crippen LogP contribution in [-0.4, -0.2) is 22.0 Å². The van der Waals surface area contributed by atoms with E-state index in [2.05, 4.69) is 20.6 Å². The largest absolute Gasteiger partial charge is 0.495 e. The van der Waals surface area contributed by atoms with Crippen molar-refractivity contribution in [2.24, 2.45) is 0 Å². The Labute approximate surface area is 152 Å². The van der Waals surface area contributed by atoms with Gasteiger partial charge in [0, 0.05) is 11.8 Å². The average Bonchev–Trinajstić information content (AvgIpc) is 2.65. The summed E-state index contributed by atoms with van der Waals surface area (Å²) in [4.78, 5) is 18.7. The van der Waals surface area contributed by atoms with Crippen molar-refractivity contribution in [2.75, 3.05) is 17.7 Å². The zero-order chi connectivity index (χ0) is 19.4. The summed E-state index contributed by atoms with van der Waals surface area (Å²) < 4.78 is 31.6. The van der Waals surface area contributed by atoms with Crippen LogP contribution in [0.5, 0.6) is 5.75 Å². The van der Waals surface area contributed by atoms with Crippen LogP contribution in [0.25, 0.3) is 0 Å². The van der Waals surface area contributed by atoms with E-state index in [0.29, 0.717) is 11.4 Å². The summed E-state index contributed by atoms with van der Waals surface area (Å²) in [6.45, 7) is 0. The predicted octanol–water partition coefficient (Wildman–Crippen LogP) is 4.16. The zero-order valence-electron chi connectivity index (χ0n) is 13.9. The lowest BCUT2D eigenvalue weighted by atomic mass is 10.2. The second-order valence-corrected chi connectivity index (χ2v) is 5.26. The smallest absolute Gasteiger partial charge is 0.353 e. The Balaban J connectivity index is 1.99. The van der Waals surface area contributed by atoms with Crippen molar-refractivity contribution < 1.29 is 18.4 Å². The molecule has 138 valence electrons. The first-order valence-corrected chi connectivity index (χ1v) is 7.61. The number of benzene rings is 2. The monoisotopic (exact) mass is 373 g/mol. The number of anilines is 4. The molecule has 2 aromatic carbocycles. The maximum absolute atomic E-state index is 13.4. The molecule has 0 aliphatic rings. The van der Waals surface area contributed by atoms with Gasteiger partial charge < -0.3 is 15.4 Å². The van der Waals surface area contributed by atoms with Crippen molar-refractivity contribution in [3.8, 4) is 5.75 Å². The van der Waals surface area contributed by atoms with Gasteiger partial charge in [0.15, 0.2) is 11.6 Å². The fourth-order valence-electron chi connectivity index (χ4n) is 2.32. The van der Waals surface area contributed by atoms with Crippen molar-refractivity contribution >= 4 is 28.7 Å². The number of rotatable bonds is 6. The number of methoxy groups -OCH3 is 1. The van der Waals surface area contributed by atoms with Crippen molar-refractivity contribution in [1.82, 2.24) is 9.97 Å². The summed E-state index contributed by atoms with van der Waals surface area (Å²) in [6, 6.07) is 9.81. The van der Waals surface area contributed by atoms with E-state index < -0.39 is 22.2 Å². The Morgan fingerprint density at radius 3 is 2.41 bits per heavy atom. The molecule has 0 aliphatic carbocycles. The number of ether oxygens (including phenoxy) is 1. The molecule has 1 heterocycles. The highest BCUT2D eigenvalue weighted by atomic mass is 19.2. The molecule has 0 atom stereocenters. The number of para-hydroxylation sites is 2. The van der Waals surface area contributed by atoms with Crippen LogP contribution >= 0.6 is 0 Å². The normalized spacial score (nSPS) is 10.3. The molecule has 10 heteroatoms. The van der Waals surface area contributed by atoms with Crippen molar-refractivity contribution in [2.45, 2.75) is 0 Å². The molecule has 0 bridgehead atoms. The molecular formula is C17H13F2N5O3. The Kier molecular flexibility index (Phi) is 5.06. The molecule has 0 amide bonds. The molecule has 0 fully saturated rings. The average molecular weight is 373 g/mol. The number of nitrogens with zero attached hydrogens (tertiary/aromatic N) is 3. The predicted molar refractivity (Wildman–Crippen MR) is 94.6 cm³/mol. The molecule has 0 radical (unpaired) electrons. The minimum Gasteiger partial charge on any atom is -0.495 e. The van der Waals surface area contributed by atoms with Gasteiger partial charge in [-0.1, -0.05) is 12.1 Å². The summed E-state index contributed by atoms with van der Waals surface area (Å²) in [5.74, 6) is -1.94. The van der Waals surface area contributed by atoms with Crippen LogP contribution < -0.4 is 15.4 Å². The number of hydrogen-bond donors (Lipinski definition) is 2. The number of nitrogens with one attached hydrogen (secondary N) is 2. The van der Waals surface area contributed by atoms with Crippen LogP contribution in [0.2, 0.25) is 0 Å². The summed E-state index contributed by atoms with van der Waals surface area (Å²) in [6.07, 6.45) is 1.10. The molecule has 2 N–H and O–H groups in total. The van der Waals surface area contributed by atoms with E-state index in [9.17, 15) is 18.9 Å². The highest BCUT2D eigenvalue weighted by molar-refractivity contribution is 5.78. The van der Waals surface area contributed by atoms with Crippen molar-refractivity contribution in [3.63, 3.8) is 0 Å². The molecule has 0 aliphatic heterocycles. The van der Waals surface area contributed by atoms with Crippen LogP contribution in [0, 0.1) is 21.7 Å². The summed E-state index contributed by atoms with van der Waals surface area (Å²) in [5, 5.41) is 17.0. The second-order valence-electron chi connectivity index (χ2n) is 5.26.